The Hall–Kier alpha value is -3.61. The zero-order valence-electron chi connectivity index (χ0n) is 18.0. The number of nitrogens with zero attached hydrogens (tertiary/aromatic N) is 1. The number of carboxylic acids is 1. The van der Waals surface area contributed by atoms with Gasteiger partial charge in [0.15, 0.2) is 0 Å². The standard InChI is InChI=1S/C25H27N3O4/c1-16-6-8-17(9-7-16)15-28-19(10-11-24(28)30)13-23(29)27-22(25(31)32)12-18-14-26-21-5-3-2-4-20(18)21/h2-9,14,19,22,26H,10-13,15H2,1H3,(H,27,29)(H,31,32)/t19?,22-/m1/s1. The van der Waals surface area contributed by atoms with Gasteiger partial charge in [-0.25, -0.2) is 4.79 Å². The van der Waals surface area contributed by atoms with E-state index in [0.29, 0.717) is 19.4 Å². The van der Waals surface area contributed by atoms with E-state index in [1.54, 1.807) is 11.1 Å². The number of carbonyl (C=O) groups is 3. The van der Waals surface area contributed by atoms with Crippen molar-refractivity contribution in [3.05, 3.63) is 71.4 Å². The lowest BCUT2D eigenvalue weighted by Crippen LogP contribution is -2.44. The molecule has 2 amide bonds. The Morgan fingerprint density at radius 1 is 1.19 bits per heavy atom. The van der Waals surface area contributed by atoms with E-state index in [9.17, 15) is 19.5 Å². The molecular formula is C25H27N3O4. The van der Waals surface area contributed by atoms with Crippen molar-refractivity contribution in [1.29, 1.82) is 0 Å². The van der Waals surface area contributed by atoms with Crippen LogP contribution in [0.2, 0.25) is 0 Å². The molecule has 3 aromatic rings. The molecule has 7 nitrogen and oxygen atoms in total. The van der Waals surface area contributed by atoms with Gasteiger partial charge in [-0.05, 0) is 30.5 Å². The van der Waals surface area contributed by atoms with E-state index in [1.165, 1.54) is 0 Å². The van der Waals surface area contributed by atoms with Crippen LogP contribution in [-0.2, 0) is 27.3 Å². The maximum absolute atomic E-state index is 12.7. The quantitative estimate of drug-likeness (QED) is 0.508. The van der Waals surface area contributed by atoms with Crippen molar-refractivity contribution in [2.75, 3.05) is 0 Å². The number of aliphatic carboxylic acids is 1. The maximum Gasteiger partial charge on any atom is 0.326 e. The minimum atomic E-state index is -1.08. The zero-order valence-corrected chi connectivity index (χ0v) is 18.0. The zero-order chi connectivity index (χ0) is 22.7. The van der Waals surface area contributed by atoms with Gasteiger partial charge in [0.05, 0.1) is 0 Å². The van der Waals surface area contributed by atoms with E-state index in [0.717, 1.165) is 27.6 Å². The summed E-state index contributed by atoms with van der Waals surface area (Å²) in [5.74, 6) is -1.41. The molecule has 0 aliphatic carbocycles. The topological polar surface area (TPSA) is 103 Å². The Balaban J connectivity index is 1.40. The third-order valence-electron chi connectivity index (χ3n) is 6.08. The van der Waals surface area contributed by atoms with Crippen molar-refractivity contribution in [1.82, 2.24) is 15.2 Å². The number of likely N-dealkylation sites (tertiary alicyclic amines) is 1. The number of fused-ring (bicyclic) bond motifs is 1. The van der Waals surface area contributed by atoms with Gasteiger partial charge in [0.1, 0.15) is 6.04 Å². The fourth-order valence-corrected chi connectivity index (χ4v) is 4.30. The second-order valence-electron chi connectivity index (χ2n) is 8.43. The molecule has 166 valence electrons. The van der Waals surface area contributed by atoms with Crippen LogP contribution in [0.25, 0.3) is 10.9 Å². The third kappa shape index (κ3) is 4.82. The van der Waals surface area contributed by atoms with E-state index in [1.807, 2.05) is 55.5 Å². The van der Waals surface area contributed by atoms with Crippen LogP contribution in [0.1, 0.15) is 36.0 Å². The molecule has 1 saturated heterocycles. The van der Waals surface area contributed by atoms with Crippen LogP contribution in [0.15, 0.2) is 54.7 Å². The number of hydrogen-bond acceptors (Lipinski definition) is 3. The molecule has 0 spiro atoms. The van der Waals surface area contributed by atoms with Crippen molar-refractivity contribution in [3.63, 3.8) is 0 Å². The van der Waals surface area contributed by atoms with Crippen LogP contribution in [0, 0.1) is 6.92 Å². The number of aryl methyl sites for hydroxylation is 1. The lowest BCUT2D eigenvalue weighted by molar-refractivity contribution is -0.142. The van der Waals surface area contributed by atoms with E-state index >= 15 is 0 Å². The highest BCUT2D eigenvalue weighted by Gasteiger charge is 2.33. The van der Waals surface area contributed by atoms with Crippen LogP contribution < -0.4 is 5.32 Å². The van der Waals surface area contributed by atoms with Gasteiger partial charge in [0, 0.05) is 48.9 Å². The molecule has 32 heavy (non-hydrogen) atoms. The monoisotopic (exact) mass is 433 g/mol. The molecule has 0 saturated carbocycles. The molecule has 1 unspecified atom stereocenters. The number of H-pyrrole nitrogens is 1. The average molecular weight is 434 g/mol. The third-order valence-corrected chi connectivity index (χ3v) is 6.08. The molecule has 1 aliphatic heterocycles. The molecule has 1 aromatic heterocycles. The predicted octanol–water partition coefficient (Wildman–Crippen LogP) is 3.17. The van der Waals surface area contributed by atoms with Gasteiger partial charge in [-0.3, -0.25) is 9.59 Å². The molecule has 2 atom stereocenters. The second kappa shape index (κ2) is 9.26. The Bertz CT molecular complexity index is 1140. The first-order valence-corrected chi connectivity index (χ1v) is 10.8. The fourth-order valence-electron chi connectivity index (χ4n) is 4.30. The lowest BCUT2D eigenvalue weighted by Gasteiger charge is -2.25. The number of rotatable bonds is 8. The maximum atomic E-state index is 12.7. The largest absolute Gasteiger partial charge is 0.480 e. The van der Waals surface area contributed by atoms with Gasteiger partial charge >= 0.3 is 5.97 Å². The summed E-state index contributed by atoms with van der Waals surface area (Å²) in [7, 11) is 0. The van der Waals surface area contributed by atoms with Crippen LogP contribution in [0.3, 0.4) is 0 Å². The molecule has 0 bridgehead atoms. The Labute approximate surface area is 186 Å². The molecule has 2 aromatic carbocycles. The second-order valence-corrected chi connectivity index (χ2v) is 8.43. The van der Waals surface area contributed by atoms with Crippen LogP contribution >= 0.6 is 0 Å². The Kier molecular flexibility index (Phi) is 6.25. The number of carbonyl (C=O) groups excluding carboxylic acids is 2. The molecule has 1 fully saturated rings. The Morgan fingerprint density at radius 3 is 2.69 bits per heavy atom. The van der Waals surface area contributed by atoms with Gasteiger partial charge in [-0.15, -0.1) is 0 Å². The molecule has 2 heterocycles. The van der Waals surface area contributed by atoms with Crippen molar-refractivity contribution >= 4 is 28.7 Å². The summed E-state index contributed by atoms with van der Waals surface area (Å²) in [6, 6.07) is 14.4. The number of aromatic nitrogens is 1. The number of para-hydroxylation sites is 1. The molecule has 3 N–H and O–H groups in total. The molecule has 1 aliphatic rings. The van der Waals surface area contributed by atoms with Crippen molar-refractivity contribution in [2.45, 2.75) is 51.2 Å². The first kappa shape index (κ1) is 21.6. The summed E-state index contributed by atoms with van der Waals surface area (Å²) in [5, 5.41) is 13.3. The van der Waals surface area contributed by atoms with Gasteiger partial charge in [0.25, 0.3) is 0 Å². The average Bonchev–Trinajstić information content (AvgIpc) is 3.33. The van der Waals surface area contributed by atoms with Crippen molar-refractivity contribution in [2.24, 2.45) is 0 Å². The van der Waals surface area contributed by atoms with Crippen LogP contribution in [0.5, 0.6) is 0 Å². The highest BCUT2D eigenvalue weighted by atomic mass is 16.4. The molecule has 7 heteroatoms. The minimum Gasteiger partial charge on any atom is -0.480 e. The fraction of sp³-hybridized carbons (Fsp3) is 0.320. The van der Waals surface area contributed by atoms with E-state index in [-0.39, 0.29) is 30.7 Å². The van der Waals surface area contributed by atoms with E-state index < -0.39 is 12.0 Å². The van der Waals surface area contributed by atoms with Gasteiger partial charge in [-0.2, -0.15) is 0 Å². The Morgan fingerprint density at radius 2 is 1.94 bits per heavy atom. The van der Waals surface area contributed by atoms with E-state index in [4.69, 9.17) is 0 Å². The van der Waals surface area contributed by atoms with Gasteiger partial charge in [-0.1, -0.05) is 48.0 Å². The first-order chi connectivity index (χ1) is 15.4. The highest BCUT2D eigenvalue weighted by Crippen LogP contribution is 2.24. The summed E-state index contributed by atoms with van der Waals surface area (Å²) in [6.45, 7) is 2.46. The van der Waals surface area contributed by atoms with E-state index in [2.05, 4.69) is 10.3 Å². The summed E-state index contributed by atoms with van der Waals surface area (Å²) in [4.78, 5) is 41.8. The summed E-state index contributed by atoms with van der Waals surface area (Å²) in [6.07, 6.45) is 3.06. The summed E-state index contributed by atoms with van der Waals surface area (Å²) in [5.41, 5.74) is 3.92. The van der Waals surface area contributed by atoms with Crippen LogP contribution in [0.4, 0.5) is 0 Å². The van der Waals surface area contributed by atoms with Crippen molar-refractivity contribution < 1.29 is 19.5 Å². The normalized spacial score (nSPS) is 17.0. The summed E-state index contributed by atoms with van der Waals surface area (Å²) < 4.78 is 0. The smallest absolute Gasteiger partial charge is 0.326 e. The number of nitrogens with one attached hydrogen (secondary N) is 2. The summed E-state index contributed by atoms with van der Waals surface area (Å²) >= 11 is 0. The molecule has 0 radical (unpaired) electrons. The van der Waals surface area contributed by atoms with Crippen molar-refractivity contribution in [3.8, 4) is 0 Å². The molecular weight excluding hydrogens is 406 g/mol. The minimum absolute atomic E-state index is 0.0250. The van der Waals surface area contributed by atoms with Gasteiger partial charge in [0.2, 0.25) is 11.8 Å². The number of aromatic amines is 1. The van der Waals surface area contributed by atoms with Crippen LogP contribution in [-0.4, -0.2) is 44.9 Å². The number of hydrogen-bond donors (Lipinski definition) is 3. The number of amides is 2. The van der Waals surface area contributed by atoms with Gasteiger partial charge < -0.3 is 20.3 Å². The number of benzene rings is 2. The predicted molar refractivity (Wildman–Crippen MR) is 121 cm³/mol. The first-order valence-electron chi connectivity index (χ1n) is 10.8. The SMILES string of the molecule is Cc1ccc(CN2C(=O)CCC2CC(=O)N[C@H](Cc2c[nH]c3ccccc23)C(=O)O)cc1. The lowest BCUT2D eigenvalue weighted by atomic mass is 10.0. The highest BCUT2D eigenvalue weighted by molar-refractivity contribution is 5.87. The number of carboxylic acid groups (broad SMARTS) is 1. The molecule has 4 rings (SSSR count).